The maximum atomic E-state index is 13.2. The fourth-order valence-electron chi connectivity index (χ4n) is 3.72. The molecule has 2 heterocycles. The molecule has 0 unspecified atom stereocenters. The van der Waals surface area contributed by atoms with Crippen molar-refractivity contribution in [2.75, 3.05) is 11.1 Å². The monoisotopic (exact) mass is 467 g/mol. The van der Waals surface area contributed by atoms with Crippen molar-refractivity contribution in [1.29, 1.82) is 0 Å². The van der Waals surface area contributed by atoms with E-state index in [1.54, 1.807) is 0 Å². The fraction of sp³-hybridized carbons (Fsp3) is 0.444. The van der Waals surface area contributed by atoms with Gasteiger partial charge >= 0.3 is 0 Å². The van der Waals surface area contributed by atoms with E-state index in [-0.39, 0.29) is 21.3 Å². The van der Waals surface area contributed by atoms with Gasteiger partial charge in [-0.15, -0.1) is 0 Å². The molecule has 0 spiro atoms. The maximum absolute atomic E-state index is 13.2. The Hall–Kier alpha value is -2.14. The number of hydrogen-bond acceptors (Lipinski definition) is 4. The number of pyridine rings is 1. The number of nitrogens with zero attached hydrogens (tertiary/aromatic N) is 2. The van der Waals surface area contributed by atoms with Crippen LogP contribution in [-0.4, -0.2) is 35.6 Å². The molecule has 6 nitrogen and oxygen atoms in total. The first-order valence-electron chi connectivity index (χ1n) is 8.74. The van der Waals surface area contributed by atoms with Gasteiger partial charge in [-0.2, -0.15) is 0 Å². The number of hydrogen-bond donors (Lipinski definition) is 1. The highest BCUT2D eigenvalue weighted by Crippen LogP contribution is 2.53. The summed E-state index contributed by atoms with van der Waals surface area (Å²) in [6.07, 6.45) is -1.71. The van der Waals surface area contributed by atoms with Crippen molar-refractivity contribution in [3.63, 3.8) is 0 Å². The smallest absolute Gasteiger partial charge is 0.280 e. The van der Waals surface area contributed by atoms with Crippen LogP contribution in [0.2, 0.25) is 5.02 Å². The highest BCUT2D eigenvalue weighted by atomic mass is 35.5. The Kier molecular flexibility index (Phi) is 5.65. The van der Waals surface area contributed by atoms with E-state index < -0.39 is 57.8 Å². The molecule has 3 rings (SSSR count). The summed E-state index contributed by atoms with van der Waals surface area (Å²) in [4.78, 5) is 15.7. The van der Waals surface area contributed by atoms with Crippen LogP contribution in [0.5, 0.6) is 0 Å². The largest absolute Gasteiger partial charge is 0.344 e. The van der Waals surface area contributed by atoms with Crippen LogP contribution < -0.4 is 5.32 Å². The molecule has 0 atom stereocenters. The molecule has 0 radical (unpaired) electrons. The van der Waals surface area contributed by atoms with Gasteiger partial charge in [0, 0.05) is 38.0 Å². The predicted octanol–water partition coefficient (Wildman–Crippen LogP) is 4.47. The van der Waals surface area contributed by atoms with Gasteiger partial charge < -0.3 is 9.88 Å². The first-order valence-corrected chi connectivity index (χ1v) is 10.8. The van der Waals surface area contributed by atoms with E-state index in [2.05, 4.69) is 10.3 Å². The van der Waals surface area contributed by atoms with Crippen molar-refractivity contribution in [3.05, 3.63) is 40.9 Å². The summed E-state index contributed by atoms with van der Waals surface area (Å²) in [6.45, 7) is 1.45. The Balaban J connectivity index is 1.85. The minimum atomic E-state index is -4.06. The van der Waals surface area contributed by atoms with Crippen LogP contribution >= 0.6 is 11.6 Å². The molecule has 30 heavy (non-hydrogen) atoms. The number of halogens is 5. The minimum absolute atomic E-state index is 0.0242. The number of anilines is 1. The highest BCUT2D eigenvalue weighted by Gasteiger charge is 2.55. The van der Waals surface area contributed by atoms with E-state index in [9.17, 15) is 30.8 Å². The zero-order valence-electron chi connectivity index (χ0n) is 15.9. The molecule has 1 aliphatic carbocycles. The van der Waals surface area contributed by atoms with E-state index in [0.717, 1.165) is 18.5 Å². The number of carbonyl (C=O) groups excluding carboxylic acids is 1. The summed E-state index contributed by atoms with van der Waals surface area (Å²) < 4.78 is 78.7. The van der Waals surface area contributed by atoms with Crippen LogP contribution in [0.1, 0.15) is 42.4 Å². The van der Waals surface area contributed by atoms with Crippen LogP contribution in [0.15, 0.2) is 29.4 Å². The number of aromatic nitrogens is 2. The molecule has 0 saturated heterocycles. The zero-order valence-corrected chi connectivity index (χ0v) is 17.5. The lowest BCUT2D eigenvalue weighted by Gasteiger charge is -2.44. The molecule has 12 heteroatoms. The van der Waals surface area contributed by atoms with E-state index in [1.165, 1.54) is 24.6 Å². The molecule has 164 valence electrons. The van der Waals surface area contributed by atoms with Gasteiger partial charge in [0.05, 0.1) is 10.8 Å². The SMILES string of the molecule is Cn1cc(S(=O)(=O)CC2(C)CC(F)(F)C2)c(Cl)c1C(=O)Nc1ccnc(C(F)F)c1. The molecule has 0 aliphatic heterocycles. The van der Waals surface area contributed by atoms with E-state index in [1.807, 2.05) is 0 Å². The summed E-state index contributed by atoms with van der Waals surface area (Å²) in [5.41, 5.74) is -1.82. The fourth-order valence-corrected chi connectivity index (χ4v) is 6.30. The van der Waals surface area contributed by atoms with E-state index in [4.69, 9.17) is 11.6 Å². The van der Waals surface area contributed by atoms with Gasteiger partial charge in [-0.3, -0.25) is 9.78 Å². The average Bonchev–Trinajstić information content (AvgIpc) is 2.87. The lowest BCUT2D eigenvalue weighted by Crippen LogP contribution is -2.47. The summed E-state index contributed by atoms with van der Waals surface area (Å²) in [5.74, 6) is -4.25. The minimum Gasteiger partial charge on any atom is -0.344 e. The van der Waals surface area contributed by atoms with E-state index in [0.29, 0.717) is 0 Å². The second-order valence-electron chi connectivity index (χ2n) is 7.77. The first kappa shape index (κ1) is 22.5. The Morgan fingerprint density at radius 3 is 2.57 bits per heavy atom. The second kappa shape index (κ2) is 7.52. The van der Waals surface area contributed by atoms with Gasteiger partial charge in [-0.05, 0) is 17.5 Å². The number of carbonyl (C=O) groups is 1. The Labute approximate surface area is 175 Å². The van der Waals surface area contributed by atoms with E-state index >= 15 is 0 Å². The number of amides is 1. The van der Waals surface area contributed by atoms with Crippen LogP contribution in [0, 0.1) is 5.41 Å². The van der Waals surface area contributed by atoms with Crippen molar-refractivity contribution < 1.29 is 30.8 Å². The predicted molar refractivity (Wildman–Crippen MR) is 102 cm³/mol. The van der Waals surface area contributed by atoms with Crippen LogP contribution in [0.25, 0.3) is 0 Å². The van der Waals surface area contributed by atoms with Gasteiger partial charge in [-0.25, -0.2) is 26.0 Å². The molecule has 1 aliphatic rings. The first-order chi connectivity index (χ1) is 13.7. The summed E-state index contributed by atoms with van der Waals surface area (Å²) in [5, 5.41) is 2.00. The molecule has 1 saturated carbocycles. The zero-order chi connectivity index (χ0) is 22.5. The average molecular weight is 468 g/mol. The third-order valence-corrected chi connectivity index (χ3v) is 7.36. The van der Waals surface area contributed by atoms with Gasteiger partial charge in [-0.1, -0.05) is 18.5 Å². The number of sulfone groups is 1. The maximum Gasteiger partial charge on any atom is 0.280 e. The van der Waals surface area contributed by atoms with Crippen molar-refractivity contribution in [2.24, 2.45) is 12.5 Å². The normalized spacial score (nSPS) is 17.6. The third kappa shape index (κ3) is 4.46. The molecule has 0 bridgehead atoms. The molecule has 2 aromatic heterocycles. The van der Waals surface area contributed by atoms with Crippen molar-refractivity contribution in [1.82, 2.24) is 9.55 Å². The molecule has 1 fully saturated rings. The Morgan fingerprint density at radius 1 is 1.37 bits per heavy atom. The Bertz CT molecular complexity index is 1090. The van der Waals surface area contributed by atoms with Crippen LogP contribution in [0.4, 0.5) is 23.2 Å². The molecule has 1 N–H and O–H groups in total. The van der Waals surface area contributed by atoms with Gasteiger partial charge in [0.2, 0.25) is 5.92 Å². The van der Waals surface area contributed by atoms with Crippen molar-refractivity contribution in [2.45, 2.75) is 37.0 Å². The number of aryl methyl sites for hydroxylation is 1. The third-order valence-electron chi connectivity index (χ3n) is 4.81. The van der Waals surface area contributed by atoms with Crippen molar-refractivity contribution in [3.8, 4) is 0 Å². The number of rotatable bonds is 6. The summed E-state index contributed by atoms with van der Waals surface area (Å²) >= 11 is 6.16. The standard InChI is InChI=1S/C18H18ClF4N3O3S/c1-17(7-18(22,23)8-17)9-30(28,29)12-6-26(2)14(13(12)19)16(27)25-10-3-4-24-11(5-10)15(20)21/h3-6,15H,7-9H2,1-2H3,(H,24,25,27). The topological polar surface area (TPSA) is 81.1 Å². The molecular weight excluding hydrogens is 450 g/mol. The number of nitrogens with one attached hydrogen (secondary N) is 1. The van der Waals surface area contributed by atoms with Gasteiger partial charge in [0.25, 0.3) is 12.3 Å². The molecule has 1 amide bonds. The van der Waals surface area contributed by atoms with Crippen LogP contribution in [-0.2, 0) is 16.9 Å². The quantitative estimate of drug-likeness (QED) is 0.635. The van der Waals surface area contributed by atoms with Crippen LogP contribution in [0.3, 0.4) is 0 Å². The lowest BCUT2D eigenvalue weighted by molar-refractivity contribution is -0.144. The molecule has 2 aromatic rings. The summed E-state index contributed by atoms with van der Waals surface area (Å²) in [7, 11) is -2.68. The van der Waals surface area contributed by atoms with Gasteiger partial charge in [0.1, 0.15) is 16.3 Å². The molecular formula is C18H18ClF4N3O3S. The molecule has 0 aromatic carbocycles. The van der Waals surface area contributed by atoms with Gasteiger partial charge in [0.15, 0.2) is 9.84 Å². The Morgan fingerprint density at radius 2 is 2.00 bits per heavy atom. The summed E-state index contributed by atoms with van der Waals surface area (Å²) in [6, 6.07) is 2.27. The highest BCUT2D eigenvalue weighted by molar-refractivity contribution is 7.91. The second-order valence-corrected chi connectivity index (χ2v) is 10.1. The lowest BCUT2D eigenvalue weighted by atomic mass is 9.69. The van der Waals surface area contributed by atoms with Crippen molar-refractivity contribution >= 4 is 33.0 Å². The number of alkyl halides is 4.